The molecule has 0 aromatic heterocycles. The van der Waals surface area contributed by atoms with Gasteiger partial charge >= 0.3 is 11.9 Å². The smallest absolute Gasteiger partial charge is 0.312 e. The number of esters is 2. The molecule has 8 atom stereocenters. The van der Waals surface area contributed by atoms with E-state index in [4.69, 9.17) is 16.0 Å². The molecule has 6 heteroatoms. The lowest BCUT2D eigenvalue weighted by atomic mass is 9.36. The van der Waals surface area contributed by atoms with E-state index >= 15 is 0 Å². The molecule has 1 aliphatic heterocycles. The third kappa shape index (κ3) is 3.32. The molecule has 4 fully saturated rings. The van der Waals surface area contributed by atoms with E-state index in [1.807, 2.05) is 19.9 Å². The summed E-state index contributed by atoms with van der Waals surface area (Å²) in [5.41, 5.74) is -2.12. The summed E-state index contributed by atoms with van der Waals surface area (Å²) >= 11 is 0. The molecule has 3 saturated carbocycles. The fourth-order valence-corrected chi connectivity index (χ4v) is 10.4. The van der Waals surface area contributed by atoms with E-state index in [1.165, 1.54) is 7.11 Å². The van der Waals surface area contributed by atoms with Crippen molar-refractivity contribution in [2.24, 2.45) is 50.2 Å². The number of nitrogens with zero attached hydrogens (tertiary/aromatic N) is 1. The number of allylic oxidation sites excluding steroid dienone is 2. The van der Waals surface area contributed by atoms with Crippen molar-refractivity contribution >= 4 is 17.7 Å². The van der Waals surface area contributed by atoms with E-state index in [0.717, 1.165) is 44.9 Å². The number of hydrogen-bond donors (Lipinski definition) is 0. The summed E-state index contributed by atoms with van der Waals surface area (Å²) in [4.78, 5) is 44.1. The van der Waals surface area contributed by atoms with Crippen LogP contribution in [0.15, 0.2) is 11.8 Å². The number of fused-ring (bicyclic) bond motifs is 7. The van der Waals surface area contributed by atoms with Crippen LogP contribution < -0.4 is 0 Å². The highest BCUT2D eigenvalue weighted by Gasteiger charge is 2.72. The Morgan fingerprint density at radius 1 is 0.974 bits per heavy atom. The van der Waals surface area contributed by atoms with Gasteiger partial charge in [0.15, 0.2) is 5.78 Å². The molecule has 0 amide bonds. The fraction of sp³-hybridized carbons (Fsp3) is 0.812. The van der Waals surface area contributed by atoms with E-state index in [-0.39, 0.29) is 69.9 Å². The molecule has 0 aromatic carbocycles. The van der Waals surface area contributed by atoms with E-state index < -0.39 is 16.2 Å². The Balaban J connectivity index is 1.67. The van der Waals surface area contributed by atoms with E-state index in [2.05, 4.69) is 39.5 Å². The average Bonchev–Trinajstić information content (AvgIpc) is 2.93. The predicted octanol–water partition coefficient (Wildman–Crippen LogP) is 6.54. The molecule has 0 radical (unpaired) electrons. The molecule has 4 aliphatic carbocycles. The molecule has 0 spiro atoms. The molecule has 1 saturated heterocycles. The predicted molar refractivity (Wildman–Crippen MR) is 143 cm³/mol. The summed E-state index contributed by atoms with van der Waals surface area (Å²) in [6, 6.07) is 0. The van der Waals surface area contributed by atoms with Crippen LogP contribution >= 0.6 is 0 Å². The lowest BCUT2D eigenvalue weighted by Crippen LogP contribution is -2.66. The fourth-order valence-electron chi connectivity index (χ4n) is 10.4. The zero-order valence-corrected chi connectivity index (χ0v) is 24.5. The van der Waals surface area contributed by atoms with E-state index in [0.29, 0.717) is 0 Å². The Morgan fingerprint density at radius 2 is 1.63 bits per heavy atom. The zero-order chi connectivity index (χ0) is 28.1. The number of Topliss-reactive ketones (excluding diaryl/α,β-unsaturated/α-hetero) is 1. The van der Waals surface area contributed by atoms with Crippen LogP contribution in [0.5, 0.6) is 0 Å². The molecule has 5 aliphatic rings. The number of carbonyl (C=O) groups is 3. The molecule has 0 unspecified atom stereocenters. The van der Waals surface area contributed by atoms with Crippen LogP contribution in [0, 0.1) is 56.8 Å². The standard InChI is InChI=1S/C32H45NO5/c1-27(2)12-14-32(26(36)37-9)15-13-31(7)25(19(32)17-27)38-23(34)16-22-29(5)18-20(33-8)24(35)28(3,4)21(29)10-11-30(22,31)6/h18-19,21-22,25H,10-17H2,1-7,9H3/t19-,21-,22+,25+,29-,30+,31+,32-/m0/s1. The SMILES string of the molecule is [C-]#[N+]C1=C[C@]2(C)[C@H]3CC(=O)O[C@@H]4[C@@H]5CC(C)(C)CC[C@]5(C(=O)OC)CC[C@@]4(C)[C@]3(C)CC[C@H]2C(C)(C)C1=O. The van der Waals surface area contributed by atoms with Crippen LogP contribution in [-0.2, 0) is 23.9 Å². The molecule has 0 bridgehead atoms. The van der Waals surface area contributed by atoms with Gasteiger partial charge in [-0.3, -0.25) is 9.59 Å². The van der Waals surface area contributed by atoms with E-state index in [9.17, 15) is 14.4 Å². The van der Waals surface area contributed by atoms with Crippen LogP contribution in [-0.4, -0.2) is 30.9 Å². The highest BCUT2D eigenvalue weighted by Crippen LogP contribution is 2.73. The number of carbonyl (C=O) groups excluding carboxylic acids is 3. The Hall–Kier alpha value is -2.16. The quantitative estimate of drug-likeness (QED) is 0.288. The summed E-state index contributed by atoms with van der Waals surface area (Å²) in [5, 5.41) is 0. The summed E-state index contributed by atoms with van der Waals surface area (Å²) in [7, 11) is 1.48. The van der Waals surface area contributed by atoms with Crippen LogP contribution in [0.1, 0.15) is 99.8 Å². The first kappa shape index (κ1) is 27.4. The summed E-state index contributed by atoms with van der Waals surface area (Å²) in [5.74, 6) is -0.568. The average molecular weight is 524 g/mol. The highest BCUT2D eigenvalue weighted by molar-refractivity contribution is 6.02. The van der Waals surface area contributed by atoms with Crippen molar-refractivity contribution in [2.45, 2.75) is 106 Å². The minimum absolute atomic E-state index is 0.0458. The lowest BCUT2D eigenvalue weighted by molar-refractivity contribution is -0.224. The van der Waals surface area contributed by atoms with Crippen molar-refractivity contribution in [3.63, 3.8) is 0 Å². The normalized spacial score (nSPS) is 47.0. The maximum absolute atomic E-state index is 13.8. The molecular formula is C32H45NO5. The number of ether oxygens (including phenoxy) is 2. The third-order valence-electron chi connectivity index (χ3n) is 12.8. The first-order valence-corrected chi connectivity index (χ1v) is 14.5. The summed E-state index contributed by atoms with van der Waals surface area (Å²) in [6.45, 7) is 23.1. The van der Waals surface area contributed by atoms with Crippen molar-refractivity contribution in [2.75, 3.05) is 7.11 Å². The van der Waals surface area contributed by atoms with Gasteiger partial charge in [0.05, 0.1) is 19.1 Å². The Bertz CT molecular complexity index is 1160. The summed E-state index contributed by atoms with van der Waals surface area (Å²) < 4.78 is 11.9. The Morgan fingerprint density at radius 3 is 2.26 bits per heavy atom. The van der Waals surface area contributed by atoms with Gasteiger partial charge in [-0.2, -0.15) is 0 Å². The van der Waals surface area contributed by atoms with Crippen LogP contribution in [0.2, 0.25) is 0 Å². The number of rotatable bonds is 1. The topological polar surface area (TPSA) is 74.0 Å². The Labute approximate surface area is 228 Å². The molecule has 1 heterocycles. The molecule has 208 valence electrons. The lowest BCUT2D eigenvalue weighted by Gasteiger charge is -2.67. The van der Waals surface area contributed by atoms with Gasteiger partial charge in [0.1, 0.15) is 6.10 Å². The van der Waals surface area contributed by atoms with Gasteiger partial charge in [-0.15, -0.1) is 0 Å². The monoisotopic (exact) mass is 523 g/mol. The number of methoxy groups -OCH3 is 1. The molecule has 38 heavy (non-hydrogen) atoms. The third-order valence-corrected chi connectivity index (χ3v) is 12.8. The van der Waals surface area contributed by atoms with Gasteiger partial charge in [-0.25, -0.2) is 4.85 Å². The van der Waals surface area contributed by atoms with Gasteiger partial charge in [0, 0.05) is 23.2 Å². The second kappa shape index (κ2) is 8.18. The largest absolute Gasteiger partial charge is 0.469 e. The van der Waals surface area contributed by atoms with Crippen molar-refractivity contribution in [1.29, 1.82) is 0 Å². The van der Waals surface area contributed by atoms with Gasteiger partial charge in [-0.1, -0.05) is 54.5 Å². The second-order valence-electron chi connectivity index (χ2n) is 15.3. The molecule has 0 N–H and O–H groups in total. The number of hydrogen-bond acceptors (Lipinski definition) is 5. The van der Waals surface area contributed by atoms with Gasteiger partial charge in [0.2, 0.25) is 5.70 Å². The van der Waals surface area contributed by atoms with Crippen molar-refractivity contribution in [3.8, 4) is 0 Å². The van der Waals surface area contributed by atoms with E-state index in [1.54, 1.807) is 0 Å². The zero-order valence-electron chi connectivity index (χ0n) is 24.5. The van der Waals surface area contributed by atoms with Crippen molar-refractivity contribution < 1.29 is 23.9 Å². The molecular weight excluding hydrogens is 478 g/mol. The first-order chi connectivity index (χ1) is 17.5. The summed E-state index contributed by atoms with van der Waals surface area (Å²) in [6.07, 6.45) is 7.61. The van der Waals surface area contributed by atoms with Crippen molar-refractivity contribution in [1.82, 2.24) is 0 Å². The first-order valence-electron chi connectivity index (χ1n) is 14.5. The van der Waals surface area contributed by atoms with Crippen LogP contribution in [0.25, 0.3) is 4.85 Å². The number of ketones is 1. The minimum Gasteiger partial charge on any atom is -0.469 e. The maximum Gasteiger partial charge on any atom is 0.312 e. The van der Waals surface area contributed by atoms with Gasteiger partial charge in [-0.05, 0) is 73.0 Å². The minimum atomic E-state index is -0.665. The molecule has 6 nitrogen and oxygen atoms in total. The van der Waals surface area contributed by atoms with Crippen LogP contribution in [0.3, 0.4) is 0 Å². The van der Waals surface area contributed by atoms with Gasteiger partial charge < -0.3 is 14.3 Å². The molecule has 0 aromatic rings. The second-order valence-corrected chi connectivity index (χ2v) is 15.3. The maximum atomic E-state index is 13.8. The van der Waals surface area contributed by atoms with Crippen LogP contribution in [0.4, 0.5) is 0 Å². The highest BCUT2D eigenvalue weighted by atomic mass is 16.5. The molecule has 5 rings (SSSR count). The van der Waals surface area contributed by atoms with Crippen molar-refractivity contribution in [3.05, 3.63) is 23.2 Å². The van der Waals surface area contributed by atoms with Gasteiger partial charge in [0.25, 0.3) is 0 Å². The Kier molecular flexibility index (Phi) is 5.90.